The molecule has 1 heterocycles. The molecule has 0 aromatic carbocycles. The lowest BCUT2D eigenvalue weighted by Crippen LogP contribution is -2.24. The predicted molar refractivity (Wildman–Crippen MR) is 74.3 cm³/mol. The van der Waals surface area contributed by atoms with Gasteiger partial charge in [0, 0.05) is 24.7 Å². The summed E-state index contributed by atoms with van der Waals surface area (Å²) in [6, 6.07) is 2.59. The molecule has 2 atom stereocenters. The Morgan fingerprint density at radius 3 is 2.83 bits per heavy atom. The molecular weight excluding hydrogens is 224 g/mol. The smallest absolute Gasteiger partial charge is 0.122 e. The van der Waals surface area contributed by atoms with Crippen molar-refractivity contribution in [1.82, 2.24) is 10.2 Å². The molecule has 1 N–H and O–H groups in total. The van der Waals surface area contributed by atoms with Crippen molar-refractivity contribution in [2.45, 2.75) is 46.3 Å². The second-order valence-corrected chi connectivity index (χ2v) is 6.07. The van der Waals surface area contributed by atoms with E-state index in [4.69, 9.17) is 4.42 Å². The maximum atomic E-state index is 5.57. The second kappa shape index (κ2) is 5.89. The topological polar surface area (TPSA) is 28.4 Å². The molecule has 1 aliphatic carbocycles. The van der Waals surface area contributed by atoms with Crippen LogP contribution in [-0.4, -0.2) is 24.5 Å². The minimum absolute atomic E-state index is 0.494. The lowest BCUT2D eigenvalue weighted by molar-refractivity contribution is 0.303. The van der Waals surface area contributed by atoms with Gasteiger partial charge in [-0.1, -0.05) is 20.8 Å². The van der Waals surface area contributed by atoms with Crippen molar-refractivity contribution in [2.24, 2.45) is 11.8 Å². The van der Waals surface area contributed by atoms with Gasteiger partial charge in [0.1, 0.15) is 5.76 Å². The number of hydrogen-bond acceptors (Lipinski definition) is 3. The van der Waals surface area contributed by atoms with Crippen molar-refractivity contribution < 1.29 is 4.42 Å². The molecule has 1 aromatic heterocycles. The summed E-state index contributed by atoms with van der Waals surface area (Å²) in [5.41, 5.74) is 1.32. The number of nitrogens with one attached hydrogen (secondary N) is 1. The maximum absolute atomic E-state index is 5.57. The first-order valence-electron chi connectivity index (χ1n) is 7.03. The predicted octanol–water partition coefficient (Wildman–Crippen LogP) is 2.87. The van der Waals surface area contributed by atoms with Gasteiger partial charge in [0.2, 0.25) is 0 Å². The van der Waals surface area contributed by atoms with E-state index in [1.54, 1.807) is 6.26 Å². The molecule has 1 aliphatic rings. The lowest BCUT2D eigenvalue weighted by atomic mass is 10.2. The van der Waals surface area contributed by atoms with Gasteiger partial charge in [-0.3, -0.25) is 0 Å². The molecule has 2 unspecified atom stereocenters. The van der Waals surface area contributed by atoms with Crippen LogP contribution in [-0.2, 0) is 13.1 Å². The third kappa shape index (κ3) is 3.85. The molecule has 18 heavy (non-hydrogen) atoms. The van der Waals surface area contributed by atoms with Gasteiger partial charge in [-0.25, -0.2) is 0 Å². The fourth-order valence-electron chi connectivity index (χ4n) is 2.37. The van der Waals surface area contributed by atoms with Crippen LogP contribution >= 0.6 is 0 Å². The average Bonchev–Trinajstić information content (AvgIpc) is 2.81. The van der Waals surface area contributed by atoms with E-state index in [2.05, 4.69) is 44.1 Å². The zero-order valence-corrected chi connectivity index (χ0v) is 12.1. The molecule has 1 fully saturated rings. The summed E-state index contributed by atoms with van der Waals surface area (Å²) < 4.78 is 5.57. The Hall–Kier alpha value is -0.800. The Labute approximate surface area is 111 Å². The van der Waals surface area contributed by atoms with E-state index in [-0.39, 0.29) is 0 Å². The molecule has 0 spiro atoms. The van der Waals surface area contributed by atoms with Crippen molar-refractivity contribution in [1.29, 1.82) is 0 Å². The van der Waals surface area contributed by atoms with Crippen LogP contribution in [0.25, 0.3) is 0 Å². The van der Waals surface area contributed by atoms with Crippen LogP contribution in [0.4, 0.5) is 0 Å². The largest absolute Gasteiger partial charge is 0.468 e. The fourth-order valence-corrected chi connectivity index (χ4v) is 2.37. The summed E-state index contributed by atoms with van der Waals surface area (Å²) in [6.45, 7) is 9.69. The van der Waals surface area contributed by atoms with Crippen LogP contribution in [0, 0.1) is 11.8 Å². The summed E-state index contributed by atoms with van der Waals surface area (Å²) in [5, 5.41) is 3.41. The number of furan rings is 1. The minimum atomic E-state index is 0.494. The fraction of sp³-hybridized carbons (Fsp3) is 0.733. The van der Waals surface area contributed by atoms with Gasteiger partial charge in [-0.15, -0.1) is 0 Å². The third-order valence-electron chi connectivity index (χ3n) is 3.77. The van der Waals surface area contributed by atoms with Gasteiger partial charge in [-0.05, 0) is 31.4 Å². The third-order valence-corrected chi connectivity index (χ3v) is 3.77. The summed E-state index contributed by atoms with van der Waals surface area (Å²) in [4.78, 5) is 2.41. The highest BCUT2D eigenvalue weighted by Crippen LogP contribution is 2.38. The quantitative estimate of drug-likeness (QED) is 0.806. The average molecular weight is 250 g/mol. The van der Waals surface area contributed by atoms with Gasteiger partial charge in [-0.2, -0.15) is 0 Å². The van der Waals surface area contributed by atoms with Crippen LogP contribution in [0.15, 0.2) is 16.7 Å². The van der Waals surface area contributed by atoms with Crippen molar-refractivity contribution in [3.8, 4) is 0 Å². The maximum Gasteiger partial charge on any atom is 0.122 e. The summed E-state index contributed by atoms with van der Waals surface area (Å²) in [6.07, 6.45) is 3.21. The Bertz CT molecular complexity index is 372. The van der Waals surface area contributed by atoms with Crippen molar-refractivity contribution in [2.75, 3.05) is 13.6 Å². The standard InChI is InChI=1S/C15H26N2O/c1-11(2)16-8-15-13(5-6-18-15)9-17(4)10-14-7-12(14)3/h5-6,11-12,14,16H,7-10H2,1-4H3. The number of rotatable bonds is 7. The summed E-state index contributed by atoms with van der Waals surface area (Å²) >= 11 is 0. The molecule has 3 heteroatoms. The van der Waals surface area contributed by atoms with E-state index < -0.39 is 0 Å². The first kappa shape index (κ1) is 13.6. The van der Waals surface area contributed by atoms with Gasteiger partial charge in [0.25, 0.3) is 0 Å². The number of hydrogen-bond donors (Lipinski definition) is 1. The molecule has 1 aromatic rings. The van der Waals surface area contributed by atoms with E-state index in [1.807, 2.05) is 0 Å². The molecule has 0 aliphatic heterocycles. The molecule has 1 saturated carbocycles. The van der Waals surface area contributed by atoms with E-state index in [1.165, 1.54) is 18.5 Å². The van der Waals surface area contributed by atoms with Crippen LogP contribution in [0.3, 0.4) is 0 Å². The van der Waals surface area contributed by atoms with Gasteiger partial charge >= 0.3 is 0 Å². The first-order chi connectivity index (χ1) is 8.56. The van der Waals surface area contributed by atoms with Gasteiger partial charge in [0.05, 0.1) is 12.8 Å². The Morgan fingerprint density at radius 2 is 2.22 bits per heavy atom. The zero-order chi connectivity index (χ0) is 13.1. The first-order valence-corrected chi connectivity index (χ1v) is 7.03. The summed E-state index contributed by atoms with van der Waals surface area (Å²) in [7, 11) is 2.21. The minimum Gasteiger partial charge on any atom is -0.468 e. The van der Waals surface area contributed by atoms with Gasteiger partial charge in [0.15, 0.2) is 0 Å². The van der Waals surface area contributed by atoms with Crippen LogP contribution < -0.4 is 5.32 Å². The highest BCUT2D eigenvalue weighted by atomic mass is 16.3. The van der Waals surface area contributed by atoms with Crippen LogP contribution in [0.2, 0.25) is 0 Å². The van der Waals surface area contributed by atoms with E-state index in [0.29, 0.717) is 6.04 Å². The number of nitrogens with zero attached hydrogens (tertiary/aromatic N) is 1. The molecule has 3 nitrogen and oxygen atoms in total. The zero-order valence-electron chi connectivity index (χ0n) is 12.1. The van der Waals surface area contributed by atoms with E-state index in [0.717, 1.165) is 30.7 Å². The van der Waals surface area contributed by atoms with Crippen molar-refractivity contribution in [3.63, 3.8) is 0 Å². The van der Waals surface area contributed by atoms with Crippen LogP contribution in [0.5, 0.6) is 0 Å². The molecule has 2 rings (SSSR count). The second-order valence-electron chi connectivity index (χ2n) is 6.07. The normalized spacial score (nSPS) is 23.0. The highest BCUT2D eigenvalue weighted by molar-refractivity contribution is 5.17. The summed E-state index contributed by atoms with van der Waals surface area (Å²) in [5.74, 6) is 2.93. The van der Waals surface area contributed by atoms with Crippen LogP contribution in [0.1, 0.15) is 38.5 Å². The van der Waals surface area contributed by atoms with E-state index in [9.17, 15) is 0 Å². The molecule has 0 saturated heterocycles. The lowest BCUT2D eigenvalue weighted by Gasteiger charge is -2.16. The Kier molecular flexibility index (Phi) is 4.46. The molecule has 0 amide bonds. The Morgan fingerprint density at radius 1 is 1.50 bits per heavy atom. The highest BCUT2D eigenvalue weighted by Gasteiger charge is 2.33. The van der Waals surface area contributed by atoms with E-state index >= 15 is 0 Å². The van der Waals surface area contributed by atoms with Crippen molar-refractivity contribution >= 4 is 0 Å². The SMILES string of the molecule is CC(C)NCc1occc1CN(C)CC1CC1C. The molecular formula is C15H26N2O. The van der Waals surface area contributed by atoms with Gasteiger partial charge < -0.3 is 14.6 Å². The molecule has 0 radical (unpaired) electrons. The van der Waals surface area contributed by atoms with Crippen molar-refractivity contribution in [3.05, 3.63) is 23.7 Å². The monoisotopic (exact) mass is 250 g/mol. The molecule has 102 valence electrons. The molecule has 0 bridgehead atoms. The Balaban J connectivity index is 1.82.